The summed E-state index contributed by atoms with van der Waals surface area (Å²) in [7, 11) is 0. The number of aromatic nitrogens is 2. The van der Waals surface area contributed by atoms with Gasteiger partial charge >= 0.3 is 0 Å². The minimum atomic E-state index is 0.163. The molecule has 2 heterocycles. The number of fused-ring (bicyclic) bond motifs is 2. The molecule has 2 N–H and O–H groups in total. The Labute approximate surface area is 109 Å². The second-order valence-corrected chi connectivity index (χ2v) is 6.02. The van der Waals surface area contributed by atoms with E-state index < -0.39 is 0 Å². The Balaban J connectivity index is 1.88. The standard InChI is InChI=1S/C14H22N4/c1-10(2)18-5-3-14(4-6-18)12-9-17-16-8-11(12)7-13(14)15/h8-10,13H,3-7,15H2,1-2H3. The van der Waals surface area contributed by atoms with Crippen LogP contribution in [0.15, 0.2) is 12.4 Å². The lowest BCUT2D eigenvalue weighted by atomic mass is 9.71. The van der Waals surface area contributed by atoms with Gasteiger partial charge in [0, 0.05) is 17.5 Å². The maximum Gasteiger partial charge on any atom is 0.0537 e. The van der Waals surface area contributed by atoms with Crippen molar-refractivity contribution in [1.82, 2.24) is 15.1 Å². The van der Waals surface area contributed by atoms with Gasteiger partial charge in [0.05, 0.1) is 12.4 Å². The molecule has 1 aliphatic carbocycles. The van der Waals surface area contributed by atoms with Crippen molar-refractivity contribution in [2.24, 2.45) is 5.73 Å². The van der Waals surface area contributed by atoms with Gasteiger partial charge in [-0.3, -0.25) is 0 Å². The van der Waals surface area contributed by atoms with Crippen LogP contribution in [0.4, 0.5) is 0 Å². The Morgan fingerprint density at radius 3 is 2.61 bits per heavy atom. The lowest BCUT2D eigenvalue weighted by molar-refractivity contribution is 0.120. The molecule has 1 aromatic heterocycles. The number of piperidine rings is 1. The molecule has 0 aromatic carbocycles. The topological polar surface area (TPSA) is 55.0 Å². The van der Waals surface area contributed by atoms with Crippen LogP contribution < -0.4 is 5.73 Å². The molecule has 1 aliphatic heterocycles. The highest BCUT2D eigenvalue weighted by Gasteiger charge is 2.47. The summed E-state index contributed by atoms with van der Waals surface area (Å²) >= 11 is 0. The maximum atomic E-state index is 6.44. The molecule has 1 unspecified atom stereocenters. The van der Waals surface area contributed by atoms with Gasteiger partial charge < -0.3 is 10.6 Å². The van der Waals surface area contributed by atoms with Gasteiger partial charge in [0.15, 0.2) is 0 Å². The number of rotatable bonds is 1. The van der Waals surface area contributed by atoms with Crippen LogP contribution in [0.25, 0.3) is 0 Å². The van der Waals surface area contributed by atoms with E-state index in [0.717, 1.165) is 32.4 Å². The van der Waals surface area contributed by atoms with Crippen molar-refractivity contribution in [3.8, 4) is 0 Å². The molecule has 4 heteroatoms. The Morgan fingerprint density at radius 2 is 1.94 bits per heavy atom. The molecule has 0 radical (unpaired) electrons. The predicted molar refractivity (Wildman–Crippen MR) is 71.3 cm³/mol. The molecule has 4 nitrogen and oxygen atoms in total. The largest absolute Gasteiger partial charge is 0.327 e. The molecule has 3 rings (SSSR count). The van der Waals surface area contributed by atoms with Crippen molar-refractivity contribution in [3.05, 3.63) is 23.5 Å². The van der Waals surface area contributed by atoms with E-state index in [1.54, 1.807) is 0 Å². The molecule has 0 bridgehead atoms. The maximum absolute atomic E-state index is 6.44. The predicted octanol–water partition coefficient (Wildman–Crippen LogP) is 1.10. The lowest BCUT2D eigenvalue weighted by Crippen LogP contribution is -2.51. The zero-order valence-corrected chi connectivity index (χ0v) is 11.3. The first-order valence-corrected chi connectivity index (χ1v) is 6.93. The first-order valence-electron chi connectivity index (χ1n) is 6.93. The fraction of sp³-hybridized carbons (Fsp3) is 0.714. The molecule has 1 saturated heterocycles. The van der Waals surface area contributed by atoms with Gasteiger partial charge in [-0.05, 0) is 57.3 Å². The molecule has 0 saturated carbocycles. The summed E-state index contributed by atoms with van der Waals surface area (Å²) < 4.78 is 0. The summed E-state index contributed by atoms with van der Waals surface area (Å²) in [5.74, 6) is 0. The van der Waals surface area contributed by atoms with E-state index in [0.29, 0.717) is 6.04 Å². The average molecular weight is 246 g/mol. The molecule has 0 amide bonds. The van der Waals surface area contributed by atoms with Gasteiger partial charge in [0.25, 0.3) is 0 Å². The van der Waals surface area contributed by atoms with Crippen LogP contribution >= 0.6 is 0 Å². The smallest absolute Gasteiger partial charge is 0.0537 e. The molecule has 2 aliphatic rings. The number of nitrogens with two attached hydrogens (primary N) is 1. The van der Waals surface area contributed by atoms with Crippen LogP contribution in [0.1, 0.15) is 37.8 Å². The Kier molecular flexibility index (Phi) is 2.87. The normalized spacial score (nSPS) is 26.8. The van der Waals surface area contributed by atoms with Gasteiger partial charge in [-0.2, -0.15) is 10.2 Å². The van der Waals surface area contributed by atoms with Gasteiger partial charge in [-0.25, -0.2) is 0 Å². The van der Waals surface area contributed by atoms with Crippen molar-refractivity contribution < 1.29 is 0 Å². The molecular weight excluding hydrogens is 224 g/mol. The van der Waals surface area contributed by atoms with E-state index >= 15 is 0 Å². The van der Waals surface area contributed by atoms with Crippen LogP contribution in [-0.4, -0.2) is 40.3 Å². The van der Waals surface area contributed by atoms with E-state index in [2.05, 4.69) is 28.9 Å². The van der Waals surface area contributed by atoms with Crippen molar-refractivity contribution in [2.75, 3.05) is 13.1 Å². The molecule has 1 spiro atoms. The SMILES string of the molecule is CC(C)N1CCC2(CC1)c1cnncc1CC2N. The minimum Gasteiger partial charge on any atom is -0.327 e. The average Bonchev–Trinajstić information content (AvgIpc) is 2.64. The highest BCUT2D eigenvalue weighted by atomic mass is 15.2. The monoisotopic (exact) mass is 246 g/mol. The van der Waals surface area contributed by atoms with E-state index in [9.17, 15) is 0 Å². The van der Waals surface area contributed by atoms with Crippen molar-refractivity contribution in [1.29, 1.82) is 0 Å². The summed E-state index contributed by atoms with van der Waals surface area (Å²) in [6.07, 6.45) is 7.13. The van der Waals surface area contributed by atoms with Crippen LogP contribution in [-0.2, 0) is 11.8 Å². The zero-order chi connectivity index (χ0) is 12.8. The highest BCUT2D eigenvalue weighted by Crippen LogP contribution is 2.45. The highest BCUT2D eigenvalue weighted by molar-refractivity contribution is 5.39. The molecule has 18 heavy (non-hydrogen) atoms. The third-order valence-electron chi connectivity index (χ3n) is 4.92. The van der Waals surface area contributed by atoms with E-state index in [4.69, 9.17) is 5.73 Å². The van der Waals surface area contributed by atoms with Crippen LogP contribution in [0, 0.1) is 0 Å². The third-order valence-corrected chi connectivity index (χ3v) is 4.92. The summed E-state index contributed by atoms with van der Waals surface area (Å²) in [6.45, 7) is 6.83. The quantitative estimate of drug-likeness (QED) is 0.806. The Morgan fingerprint density at radius 1 is 1.28 bits per heavy atom. The number of likely N-dealkylation sites (tertiary alicyclic amines) is 1. The number of hydrogen-bond acceptors (Lipinski definition) is 4. The first kappa shape index (κ1) is 12.1. The van der Waals surface area contributed by atoms with E-state index in [-0.39, 0.29) is 11.5 Å². The molecule has 1 atom stereocenters. The van der Waals surface area contributed by atoms with Crippen molar-refractivity contribution in [3.63, 3.8) is 0 Å². The Hall–Kier alpha value is -1.00. The van der Waals surface area contributed by atoms with Crippen LogP contribution in [0.2, 0.25) is 0 Å². The summed E-state index contributed by atoms with van der Waals surface area (Å²) in [5.41, 5.74) is 9.29. The van der Waals surface area contributed by atoms with Crippen LogP contribution in [0.3, 0.4) is 0 Å². The first-order chi connectivity index (χ1) is 8.63. The Bertz CT molecular complexity index is 435. The minimum absolute atomic E-state index is 0.163. The second kappa shape index (κ2) is 4.28. The van der Waals surface area contributed by atoms with E-state index in [1.807, 2.05) is 12.4 Å². The molecule has 1 aromatic rings. The fourth-order valence-corrected chi connectivity index (χ4v) is 3.67. The van der Waals surface area contributed by atoms with Crippen molar-refractivity contribution >= 4 is 0 Å². The summed E-state index contributed by atoms with van der Waals surface area (Å²) in [6, 6.07) is 0.878. The zero-order valence-electron chi connectivity index (χ0n) is 11.3. The van der Waals surface area contributed by atoms with E-state index in [1.165, 1.54) is 11.1 Å². The molecular formula is C14H22N4. The lowest BCUT2D eigenvalue weighted by Gasteiger charge is -2.43. The van der Waals surface area contributed by atoms with Gasteiger partial charge in [-0.15, -0.1) is 0 Å². The van der Waals surface area contributed by atoms with Gasteiger partial charge in [-0.1, -0.05) is 0 Å². The molecule has 98 valence electrons. The summed E-state index contributed by atoms with van der Waals surface area (Å²) in [4.78, 5) is 2.55. The van der Waals surface area contributed by atoms with Crippen molar-refractivity contribution in [2.45, 2.75) is 50.6 Å². The van der Waals surface area contributed by atoms with Gasteiger partial charge in [0.2, 0.25) is 0 Å². The second-order valence-electron chi connectivity index (χ2n) is 6.02. The number of hydrogen-bond donors (Lipinski definition) is 1. The molecule has 1 fully saturated rings. The van der Waals surface area contributed by atoms with Gasteiger partial charge in [0.1, 0.15) is 0 Å². The van der Waals surface area contributed by atoms with Crippen LogP contribution in [0.5, 0.6) is 0 Å². The fourth-order valence-electron chi connectivity index (χ4n) is 3.67. The number of nitrogens with zero attached hydrogens (tertiary/aromatic N) is 3. The summed E-state index contributed by atoms with van der Waals surface area (Å²) in [5, 5.41) is 8.07. The third kappa shape index (κ3) is 1.67.